The van der Waals surface area contributed by atoms with Gasteiger partial charge in [-0.1, -0.05) is 30.5 Å². The molecule has 0 spiro atoms. The predicted octanol–water partition coefficient (Wildman–Crippen LogP) is 1.98. The van der Waals surface area contributed by atoms with E-state index in [1.165, 1.54) is 11.3 Å². The van der Waals surface area contributed by atoms with Gasteiger partial charge in [-0.05, 0) is 37.1 Å². The van der Waals surface area contributed by atoms with Crippen LogP contribution in [0.1, 0.15) is 54.0 Å². The Kier molecular flexibility index (Phi) is 6.37. The fraction of sp³-hybridized carbons (Fsp3) is 0.571. The van der Waals surface area contributed by atoms with Gasteiger partial charge in [-0.2, -0.15) is 0 Å². The highest BCUT2D eigenvalue weighted by molar-refractivity contribution is 5.95. The van der Waals surface area contributed by atoms with Crippen LogP contribution >= 0.6 is 0 Å². The molecule has 0 aromatic carbocycles. The fourth-order valence-corrected chi connectivity index (χ4v) is 4.21. The lowest BCUT2D eigenvalue weighted by molar-refractivity contribution is -0.134. The number of rotatable bonds is 5. The molecule has 1 saturated carbocycles. The lowest BCUT2D eigenvalue weighted by atomic mass is 9.94. The van der Waals surface area contributed by atoms with Gasteiger partial charge in [-0.15, -0.1) is 0 Å². The average molecular weight is 413 g/mol. The molecule has 2 aliphatic rings. The number of pyridine rings is 1. The molecule has 4 rings (SSSR count). The van der Waals surface area contributed by atoms with E-state index < -0.39 is 0 Å². The van der Waals surface area contributed by atoms with Crippen LogP contribution in [0.3, 0.4) is 0 Å². The van der Waals surface area contributed by atoms with E-state index in [-0.39, 0.29) is 36.2 Å². The van der Waals surface area contributed by atoms with Crippen molar-refractivity contribution in [3.8, 4) is 0 Å². The molecule has 0 bridgehead atoms. The first kappa shape index (κ1) is 20.5. The molecular weight excluding hydrogens is 386 g/mol. The van der Waals surface area contributed by atoms with Crippen LogP contribution < -0.4 is 0 Å². The van der Waals surface area contributed by atoms with E-state index in [1.807, 2.05) is 23.1 Å². The molecule has 2 fully saturated rings. The van der Waals surface area contributed by atoms with Gasteiger partial charge >= 0.3 is 0 Å². The summed E-state index contributed by atoms with van der Waals surface area (Å²) in [6.45, 7) is 2.76. The molecule has 2 aromatic rings. The summed E-state index contributed by atoms with van der Waals surface area (Å²) in [6.07, 6.45) is 6.86. The van der Waals surface area contributed by atoms with Gasteiger partial charge in [-0.3, -0.25) is 14.6 Å². The molecule has 30 heavy (non-hydrogen) atoms. The van der Waals surface area contributed by atoms with Crippen molar-refractivity contribution in [2.75, 3.05) is 19.6 Å². The van der Waals surface area contributed by atoms with Crippen molar-refractivity contribution in [1.29, 1.82) is 0 Å². The van der Waals surface area contributed by atoms with Crippen LogP contribution in [0.15, 0.2) is 29.0 Å². The monoisotopic (exact) mass is 413 g/mol. The van der Waals surface area contributed by atoms with Crippen molar-refractivity contribution in [3.05, 3.63) is 41.5 Å². The van der Waals surface area contributed by atoms with Gasteiger partial charge < -0.3 is 14.5 Å². The Balaban J connectivity index is 1.53. The number of nitrogens with zero attached hydrogens (tertiary/aromatic N) is 5. The van der Waals surface area contributed by atoms with Crippen LogP contribution in [-0.2, 0) is 16.1 Å². The third kappa shape index (κ3) is 4.67. The number of hydrogen-bond acceptors (Lipinski definition) is 7. The zero-order valence-corrected chi connectivity index (χ0v) is 17.2. The van der Waals surface area contributed by atoms with Crippen LogP contribution in [0.5, 0.6) is 0 Å². The van der Waals surface area contributed by atoms with Crippen LogP contribution in [0, 0.1) is 6.92 Å². The fourth-order valence-electron chi connectivity index (χ4n) is 4.21. The quantitative estimate of drug-likeness (QED) is 0.738. The number of amides is 2. The van der Waals surface area contributed by atoms with Crippen molar-refractivity contribution in [1.82, 2.24) is 25.1 Å². The highest BCUT2D eigenvalue weighted by Gasteiger charge is 2.36. The van der Waals surface area contributed by atoms with Gasteiger partial charge in [0.1, 0.15) is 12.2 Å². The molecule has 1 unspecified atom stereocenters. The van der Waals surface area contributed by atoms with Crippen LogP contribution in [0.4, 0.5) is 0 Å². The predicted molar refractivity (Wildman–Crippen MR) is 106 cm³/mol. The number of hydrogen-bond donors (Lipinski definition) is 0. The molecule has 3 heterocycles. The summed E-state index contributed by atoms with van der Waals surface area (Å²) in [7, 11) is 0. The molecular formula is C21H27N5O4. The molecule has 1 aliphatic heterocycles. The van der Waals surface area contributed by atoms with Crippen molar-refractivity contribution in [2.45, 2.75) is 57.8 Å². The van der Waals surface area contributed by atoms with Gasteiger partial charge in [0, 0.05) is 25.3 Å². The minimum atomic E-state index is -0.362. The topological polar surface area (TPSA) is 102 Å². The maximum atomic E-state index is 13.1. The molecule has 0 radical (unpaired) electrons. The average Bonchev–Trinajstić information content (AvgIpc) is 3.13. The van der Waals surface area contributed by atoms with Crippen molar-refractivity contribution >= 4 is 11.8 Å². The van der Waals surface area contributed by atoms with E-state index in [4.69, 9.17) is 4.74 Å². The third-order valence-electron chi connectivity index (χ3n) is 5.82. The second-order valence-corrected chi connectivity index (χ2v) is 7.98. The summed E-state index contributed by atoms with van der Waals surface area (Å²) >= 11 is 0. The Morgan fingerprint density at radius 1 is 1.20 bits per heavy atom. The largest absolute Gasteiger partial charge is 0.368 e. The second kappa shape index (κ2) is 9.34. The van der Waals surface area contributed by atoms with Crippen LogP contribution in [0.25, 0.3) is 0 Å². The van der Waals surface area contributed by atoms with E-state index in [0.717, 1.165) is 31.4 Å². The van der Waals surface area contributed by atoms with Crippen molar-refractivity contribution in [3.63, 3.8) is 0 Å². The summed E-state index contributed by atoms with van der Waals surface area (Å²) in [6, 6.07) is 5.87. The van der Waals surface area contributed by atoms with Gasteiger partial charge in [0.05, 0.1) is 18.4 Å². The molecule has 2 aromatic heterocycles. The first-order valence-corrected chi connectivity index (χ1v) is 10.5. The minimum Gasteiger partial charge on any atom is -0.368 e. The molecule has 9 heteroatoms. The number of aromatic nitrogens is 3. The summed E-state index contributed by atoms with van der Waals surface area (Å²) in [5.41, 5.74) is 1.36. The maximum Gasteiger partial charge on any atom is 0.278 e. The normalized spacial score (nSPS) is 21.0. The molecule has 2 amide bonds. The summed E-state index contributed by atoms with van der Waals surface area (Å²) in [4.78, 5) is 33.8. The van der Waals surface area contributed by atoms with Crippen molar-refractivity contribution in [2.24, 2.45) is 0 Å². The highest BCUT2D eigenvalue weighted by atomic mass is 16.6. The SMILES string of the molecule is Cc1nonc1C(=O)N1CC(=O)N(C2CCCCC2)CC(OCc2ccccn2)C1. The van der Waals surface area contributed by atoms with Crippen molar-refractivity contribution < 1.29 is 19.0 Å². The van der Waals surface area contributed by atoms with Crippen LogP contribution in [-0.4, -0.2) is 68.7 Å². The van der Waals surface area contributed by atoms with E-state index >= 15 is 0 Å². The minimum absolute atomic E-state index is 0.00504. The third-order valence-corrected chi connectivity index (χ3v) is 5.82. The summed E-state index contributed by atoms with van der Waals surface area (Å²) < 4.78 is 10.8. The van der Waals surface area contributed by atoms with Gasteiger partial charge in [-0.25, -0.2) is 4.63 Å². The molecule has 1 aliphatic carbocycles. The number of ether oxygens (including phenoxy) is 1. The van der Waals surface area contributed by atoms with Gasteiger partial charge in [0.2, 0.25) is 5.91 Å². The highest BCUT2D eigenvalue weighted by Crippen LogP contribution is 2.25. The lowest BCUT2D eigenvalue weighted by Gasteiger charge is -2.34. The number of aryl methyl sites for hydroxylation is 1. The van der Waals surface area contributed by atoms with Gasteiger partial charge in [0.15, 0.2) is 5.69 Å². The summed E-state index contributed by atoms with van der Waals surface area (Å²) in [5, 5.41) is 7.41. The number of carbonyl (C=O) groups excluding carboxylic acids is 2. The van der Waals surface area contributed by atoms with Crippen LogP contribution in [0.2, 0.25) is 0 Å². The maximum absolute atomic E-state index is 13.1. The number of carbonyl (C=O) groups is 2. The zero-order valence-electron chi connectivity index (χ0n) is 17.2. The zero-order chi connectivity index (χ0) is 20.9. The standard InChI is InChI=1S/C21H27N5O4/c1-15-20(24-30-23-15)21(28)25-11-18(29-14-16-7-5-6-10-22-16)12-26(19(27)13-25)17-8-3-2-4-9-17/h5-7,10,17-18H,2-4,8-9,11-14H2,1H3. The molecule has 0 N–H and O–H groups in total. The Morgan fingerprint density at radius 2 is 2.03 bits per heavy atom. The first-order valence-electron chi connectivity index (χ1n) is 10.5. The first-order chi connectivity index (χ1) is 14.6. The molecule has 1 atom stereocenters. The second-order valence-electron chi connectivity index (χ2n) is 7.98. The van der Waals surface area contributed by atoms with E-state index in [1.54, 1.807) is 13.1 Å². The van der Waals surface area contributed by atoms with E-state index in [9.17, 15) is 9.59 Å². The Labute approximate surface area is 175 Å². The smallest absolute Gasteiger partial charge is 0.278 e. The Morgan fingerprint density at radius 3 is 2.73 bits per heavy atom. The van der Waals surface area contributed by atoms with E-state index in [0.29, 0.717) is 25.4 Å². The lowest BCUT2D eigenvalue weighted by Crippen LogP contribution is -2.46. The Hall–Kier alpha value is -2.81. The van der Waals surface area contributed by atoms with Gasteiger partial charge in [0.25, 0.3) is 5.91 Å². The molecule has 9 nitrogen and oxygen atoms in total. The Bertz CT molecular complexity index is 865. The van der Waals surface area contributed by atoms with E-state index in [2.05, 4.69) is 19.9 Å². The molecule has 1 saturated heterocycles. The molecule has 160 valence electrons. The summed E-state index contributed by atoms with van der Waals surface area (Å²) in [5.74, 6) is -0.410.